The van der Waals surface area contributed by atoms with Gasteiger partial charge in [0, 0.05) is 0 Å². The number of unbranched alkanes of at least 4 members (excludes halogenated alkanes) is 1. The fourth-order valence-electron chi connectivity index (χ4n) is 1.34. The monoisotopic (exact) mass is 312 g/mol. The van der Waals surface area contributed by atoms with Crippen LogP contribution < -0.4 is 4.72 Å². The highest BCUT2D eigenvalue weighted by Crippen LogP contribution is 2.19. The maximum Gasteiger partial charge on any atom is 0.264 e. The van der Waals surface area contributed by atoms with Crippen LogP contribution in [0.25, 0.3) is 0 Å². The highest BCUT2D eigenvalue weighted by atomic mass is 35.5. The van der Waals surface area contributed by atoms with Crippen molar-refractivity contribution in [2.45, 2.75) is 24.7 Å². The molecular formula is C13H13ClN2O3S. The molecule has 0 spiro atoms. The van der Waals surface area contributed by atoms with Crippen LogP contribution in [-0.2, 0) is 14.8 Å². The minimum absolute atomic E-state index is 0.0179. The maximum absolute atomic E-state index is 11.9. The fraction of sp³-hybridized carbons (Fsp3) is 0.231. The molecule has 0 saturated carbocycles. The summed E-state index contributed by atoms with van der Waals surface area (Å²) >= 11 is 5.76. The van der Waals surface area contributed by atoms with E-state index in [1.807, 2.05) is 17.7 Å². The second kappa shape index (κ2) is 7.08. The van der Waals surface area contributed by atoms with Crippen molar-refractivity contribution >= 4 is 27.5 Å². The number of carbonyl (C=O) groups is 1. The molecule has 0 saturated heterocycles. The first-order valence-electron chi connectivity index (χ1n) is 5.83. The SMILES string of the molecule is CCC/C=C/C(=O)NS(=O)(=O)c1ccc(C#N)c(Cl)c1. The molecule has 0 aliphatic carbocycles. The zero-order chi connectivity index (χ0) is 15.2. The largest absolute Gasteiger partial charge is 0.269 e. The van der Waals surface area contributed by atoms with Crippen LogP contribution >= 0.6 is 11.6 Å². The second-order valence-electron chi connectivity index (χ2n) is 3.91. The lowest BCUT2D eigenvalue weighted by Crippen LogP contribution is -2.29. The van der Waals surface area contributed by atoms with Crippen LogP contribution in [0.15, 0.2) is 35.2 Å². The van der Waals surface area contributed by atoms with Crippen molar-refractivity contribution in [1.82, 2.24) is 4.72 Å². The second-order valence-corrected chi connectivity index (χ2v) is 6.00. The molecule has 0 bridgehead atoms. The van der Waals surface area contributed by atoms with Crippen molar-refractivity contribution in [3.8, 4) is 6.07 Å². The van der Waals surface area contributed by atoms with E-state index < -0.39 is 15.9 Å². The molecule has 7 heteroatoms. The minimum atomic E-state index is -3.99. The van der Waals surface area contributed by atoms with Crippen molar-refractivity contribution in [3.63, 3.8) is 0 Å². The number of hydrogen-bond acceptors (Lipinski definition) is 4. The van der Waals surface area contributed by atoms with Crippen molar-refractivity contribution in [2.75, 3.05) is 0 Å². The Balaban J connectivity index is 2.92. The van der Waals surface area contributed by atoms with Gasteiger partial charge in [-0.2, -0.15) is 5.26 Å². The quantitative estimate of drug-likeness (QED) is 0.846. The molecule has 0 heterocycles. The molecule has 0 aliphatic rings. The standard InChI is InChI=1S/C13H13ClN2O3S/c1-2-3-4-5-13(17)16-20(18,19)11-7-6-10(9-15)12(14)8-11/h4-8H,2-3H2,1H3,(H,16,17)/b5-4+. The average Bonchev–Trinajstić information content (AvgIpc) is 2.38. The molecule has 0 aliphatic heterocycles. The lowest BCUT2D eigenvalue weighted by molar-refractivity contribution is -0.114. The van der Waals surface area contributed by atoms with Gasteiger partial charge < -0.3 is 0 Å². The molecule has 1 N–H and O–H groups in total. The van der Waals surface area contributed by atoms with Crippen LogP contribution in [0.1, 0.15) is 25.3 Å². The van der Waals surface area contributed by atoms with Crippen molar-refractivity contribution in [1.29, 1.82) is 5.26 Å². The number of rotatable bonds is 5. The lowest BCUT2D eigenvalue weighted by Gasteiger charge is -2.05. The van der Waals surface area contributed by atoms with Crippen molar-refractivity contribution in [3.05, 3.63) is 40.9 Å². The van der Waals surface area contributed by atoms with Gasteiger partial charge >= 0.3 is 0 Å². The van der Waals surface area contributed by atoms with Gasteiger partial charge in [-0.25, -0.2) is 13.1 Å². The number of amides is 1. The Labute approximate surface area is 122 Å². The highest BCUT2D eigenvalue weighted by molar-refractivity contribution is 7.90. The molecule has 0 aromatic heterocycles. The highest BCUT2D eigenvalue weighted by Gasteiger charge is 2.17. The van der Waals surface area contributed by atoms with Gasteiger partial charge in [0.25, 0.3) is 15.9 Å². The summed E-state index contributed by atoms with van der Waals surface area (Å²) in [5.74, 6) is -0.723. The number of carbonyl (C=O) groups excluding carboxylic acids is 1. The van der Waals surface area contributed by atoms with E-state index in [2.05, 4.69) is 0 Å². The first-order chi connectivity index (χ1) is 9.40. The Kier molecular flexibility index (Phi) is 5.74. The zero-order valence-corrected chi connectivity index (χ0v) is 12.3. The van der Waals surface area contributed by atoms with Gasteiger partial charge in [0.15, 0.2) is 0 Å². The van der Waals surface area contributed by atoms with Crippen LogP contribution in [0.4, 0.5) is 0 Å². The van der Waals surface area contributed by atoms with Gasteiger partial charge in [0.2, 0.25) is 0 Å². The van der Waals surface area contributed by atoms with Crippen molar-refractivity contribution in [2.24, 2.45) is 0 Å². The number of nitriles is 1. The molecule has 106 valence electrons. The van der Waals surface area contributed by atoms with Crippen LogP contribution in [-0.4, -0.2) is 14.3 Å². The number of nitrogens with zero attached hydrogens (tertiary/aromatic N) is 1. The molecule has 0 radical (unpaired) electrons. The molecule has 1 rings (SSSR count). The maximum atomic E-state index is 11.9. The summed E-state index contributed by atoms with van der Waals surface area (Å²) < 4.78 is 25.7. The third-order valence-corrected chi connectivity index (χ3v) is 3.99. The summed E-state index contributed by atoms with van der Waals surface area (Å²) in [6.07, 6.45) is 4.32. The summed E-state index contributed by atoms with van der Waals surface area (Å²) in [4.78, 5) is 11.3. The van der Waals surface area contributed by atoms with Gasteiger partial charge in [0.1, 0.15) is 6.07 Å². The number of benzene rings is 1. The molecular weight excluding hydrogens is 300 g/mol. The molecule has 1 aromatic rings. The molecule has 1 amide bonds. The Morgan fingerprint density at radius 1 is 1.50 bits per heavy atom. The van der Waals surface area contributed by atoms with Crippen LogP contribution in [0.3, 0.4) is 0 Å². The summed E-state index contributed by atoms with van der Waals surface area (Å²) in [7, 11) is -3.99. The average molecular weight is 313 g/mol. The zero-order valence-electron chi connectivity index (χ0n) is 10.8. The normalized spacial score (nSPS) is 11.2. The third-order valence-electron chi connectivity index (χ3n) is 2.33. The van der Waals surface area contributed by atoms with E-state index in [-0.39, 0.29) is 15.5 Å². The third kappa shape index (κ3) is 4.37. The molecule has 1 aromatic carbocycles. The van der Waals surface area contributed by atoms with Gasteiger partial charge in [-0.1, -0.05) is 31.0 Å². The Morgan fingerprint density at radius 2 is 2.20 bits per heavy atom. The smallest absolute Gasteiger partial charge is 0.264 e. The summed E-state index contributed by atoms with van der Waals surface area (Å²) in [5, 5.41) is 8.73. The van der Waals surface area contributed by atoms with Crippen LogP contribution in [0.2, 0.25) is 5.02 Å². The summed E-state index contributed by atoms with van der Waals surface area (Å²) in [6.45, 7) is 1.94. The van der Waals surface area contributed by atoms with Gasteiger partial charge in [0.05, 0.1) is 15.5 Å². The fourth-order valence-corrected chi connectivity index (χ4v) is 2.59. The molecule has 5 nitrogen and oxygen atoms in total. The minimum Gasteiger partial charge on any atom is -0.269 e. The van der Waals surface area contributed by atoms with Gasteiger partial charge in [-0.05, 0) is 30.7 Å². The van der Waals surface area contributed by atoms with E-state index in [1.54, 1.807) is 6.08 Å². The summed E-state index contributed by atoms with van der Waals surface area (Å²) in [6, 6.07) is 5.46. The van der Waals surface area contributed by atoms with E-state index in [0.717, 1.165) is 12.5 Å². The first kappa shape index (κ1) is 16.2. The number of nitrogens with one attached hydrogen (secondary N) is 1. The summed E-state index contributed by atoms with van der Waals surface area (Å²) in [5.41, 5.74) is 0.166. The van der Waals surface area contributed by atoms with E-state index in [1.165, 1.54) is 18.2 Å². The number of sulfonamides is 1. The van der Waals surface area contributed by atoms with Crippen LogP contribution in [0, 0.1) is 11.3 Å². The van der Waals surface area contributed by atoms with Gasteiger partial charge in [-0.15, -0.1) is 0 Å². The number of allylic oxidation sites excluding steroid dienone is 1. The predicted octanol–water partition coefficient (Wildman–Crippen LogP) is 2.37. The molecule has 0 unspecified atom stereocenters. The van der Waals surface area contributed by atoms with Gasteiger partial charge in [-0.3, -0.25) is 4.79 Å². The van der Waals surface area contributed by atoms with E-state index in [4.69, 9.17) is 16.9 Å². The Morgan fingerprint density at radius 3 is 2.75 bits per heavy atom. The van der Waals surface area contributed by atoms with E-state index in [9.17, 15) is 13.2 Å². The Hall–Kier alpha value is -1.84. The molecule has 20 heavy (non-hydrogen) atoms. The number of halogens is 1. The lowest BCUT2D eigenvalue weighted by atomic mass is 10.2. The molecule has 0 atom stereocenters. The predicted molar refractivity (Wildman–Crippen MR) is 75.5 cm³/mol. The first-order valence-corrected chi connectivity index (χ1v) is 7.69. The van der Waals surface area contributed by atoms with Crippen molar-refractivity contribution < 1.29 is 13.2 Å². The Bertz CT molecular complexity index is 675. The van der Waals surface area contributed by atoms with E-state index >= 15 is 0 Å². The topological polar surface area (TPSA) is 87.0 Å². The molecule has 0 fully saturated rings. The number of hydrogen-bond donors (Lipinski definition) is 1. The van der Waals surface area contributed by atoms with E-state index in [0.29, 0.717) is 6.42 Å². The van der Waals surface area contributed by atoms with Crippen LogP contribution in [0.5, 0.6) is 0 Å².